The van der Waals surface area contributed by atoms with Crippen molar-refractivity contribution < 1.29 is 9.53 Å². The number of halogens is 1. The molecule has 0 saturated carbocycles. The molecule has 0 amide bonds. The van der Waals surface area contributed by atoms with Crippen LogP contribution in [0, 0.1) is 5.41 Å². The second-order valence-corrected chi connectivity index (χ2v) is 6.94. The number of carbonyl (C=O) groups is 1. The van der Waals surface area contributed by atoms with E-state index in [1.807, 2.05) is 0 Å². The largest absolute Gasteiger partial charge is 0.469 e. The SMILES string of the molecule is CCNC(=NCCCCC(=O)OC)NC(C)CCC(C)(C)C.I. The predicted molar refractivity (Wildman–Crippen MR) is 109 cm³/mol. The van der Waals surface area contributed by atoms with E-state index in [-0.39, 0.29) is 29.9 Å². The maximum absolute atomic E-state index is 11.0. The molecule has 0 bridgehead atoms. The Labute approximate surface area is 159 Å². The third kappa shape index (κ3) is 16.1. The molecule has 0 fully saturated rings. The van der Waals surface area contributed by atoms with Crippen LogP contribution in [0.3, 0.4) is 0 Å². The quantitative estimate of drug-likeness (QED) is 0.188. The highest BCUT2D eigenvalue weighted by molar-refractivity contribution is 14.0. The number of nitrogens with zero attached hydrogens (tertiary/aromatic N) is 1. The second kappa shape index (κ2) is 13.9. The topological polar surface area (TPSA) is 62.7 Å². The van der Waals surface area contributed by atoms with Gasteiger partial charge in [0.05, 0.1) is 7.11 Å². The van der Waals surface area contributed by atoms with Crippen molar-refractivity contribution in [3.63, 3.8) is 0 Å². The van der Waals surface area contributed by atoms with Gasteiger partial charge in [0, 0.05) is 25.6 Å². The van der Waals surface area contributed by atoms with Crippen molar-refractivity contribution in [1.29, 1.82) is 0 Å². The minimum Gasteiger partial charge on any atom is -0.469 e. The Morgan fingerprint density at radius 1 is 1.26 bits per heavy atom. The molecule has 0 radical (unpaired) electrons. The molecule has 1 atom stereocenters. The molecule has 0 saturated heterocycles. The van der Waals surface area contributed by atoms with Gasteiger partial charge in [-0.2, -0.15) is 0 Å². The Bertz CT molecular complexity index is 341. The fourth-order valence-electron chi connectivity index (χ4n) is 1.95. The number of rotatable bonds is 9. The number of ether oxygens (including phenoxy) is 1. The molecule has 0 aromatic carbocycles. The summed E-state index contributed by atoms with van der Waals surface area (Å²) in [6.07, 6.45) is 4.48. The Kier molecular flexibility index (Phi) is 14.9. The monoisotopic (exact) mass is 441 g/mol. The zero-order valence-corrected chi connectivity index (χ0v) is 18.0. The molecular weight excluding hydrogens is 405 g/mol. The first-order chi connectivity index (χ1) is 10.3. The maximum Gasteiger partial charge on any atom is 0.305 e. The van der Waals surface area contributed by atoms with Crippen molar-refractivity contribution >= 4 is 35.9 Å². The van der Waals surface area contributed by atoms with Gasteiger partial charge in [-0.25, -0.2) is 0 Å². The van der Waals surface area contributed by atoms with Gasteiger partial charge in [0.15, 0.2) is 5.96 Å². The van der Waals surface area contributed by atoms with E-state index >= 15 is 0 Å². The smallest absolute Gasteiger partial charge is 0.305 e. The molecule has 0 aliphatic heterocycles. The summed E-state index contributed by atoms with van der Waals surface area (Å²) in [6.45, 7) is 12.6. The van der Waals surface area contributed by atoms with Crippen LogP contribution in [-0.4, -0.2) is 38.2 Å². The van der Waals surface area contributed by atoms with E-state index in [1.54, 1.807) is 0 Å². The van der Waals surface area contributed by atoms with Crippen LogP contribution in [0.4, 0.5) is 0 Å². The van der Waals surface area contributed by atoms with Crippen LogP contribution in [0.25, 0.3) is 0 Å². The normalized spacial score (nSPS) is 13.0. The molecule has 0 spiro atoms. The number of nitrogens with one attached hydrogen (secondary N) is 2. The molecule has 2 N–H and O–H groups in total. The summed E-state index contributed by atoms with van der Waals surface area (Å²) in [5.74, 6) is 0.715. The lowest BCUT2D eigenvalue weighted by atomic mass is 9.89. The first-order valence-corrected chi connectivity index (χ1v) is 8.40. The highest BCUT2D eigenvalue weighted by Crippen LogP contribution is 2.21. The standard InChI is InChI=1S/C17H35N3O2.HI/c1-7-18-16(19-13-9-8-10-15(21)22-6)20-14(2)11-12-17(3,4)5;/h14H,7-13H2,1-6H3,(H2,18,19,20);1H. The van der Waals surface area contributed by atoms with Crippen molar-refractivity contribution in [2.45, 2.75) is 72.8 Å². The Morgan fingerprint density at radius 2 is 1.91 bits per heavy atom. The van der Waals surface area contributed by atoms with Crippen LogP contribution < -0.4 is 10.6 Å². The molecule has 1 unspecified atom stereocenters. The number of hydrogen-bond donors (Lipinski definition) is 2. The number of esters is 1. The van der Waals surface area contributed by atoms with E-state index in [0.717, 1.165) is 38.3 Å². The second-order valence-electron chi connectivity index (χ2n) is 6.94. The van der Waals surface area contributed by atoms with Gasteiger partial charge in [-0.3, -0.25) is 9.79 Å². The highest BCUT2D eigenvalue weighted by atomic mass is 127. The van der Waals surface area contributed by atoms with Gasteiger partial charge in [-0.05, 0) is 44.9 Å². The van der Waals surface area contributed by atoms with Crippen LogP contribution >= 0.6 is 24.0 Å². The highest BCUT2D eigenvalue weighted by Gasteiger charge is 2.13. The van der Waals surface area contributed by atoms with Gasteiger partial charge < -0.3 is 15.4 Å². The van der Waals surface area contributed by atoms with Crippen LogP contribution in [0.5, 0.6) is 0 Å². The third-order valence-electron chi connectivity index (χ3n) is 3.34. The minimum absolute atomic E-state index is 0. The Hall–Kier alpha value is -0.530. The van der Waals surface area contributed by atoms with Gasteiger partial charge in [0.1, 0.15) is 0 Å². The summed E-state index contributed by atoms with van der Waals surface area (Å²) in [4.78, 5) is 15.6. The summed E-state index contributed by atoms with van der Waals surface area (Å²) < 4.78 is 4.62. The fraction of sp³-hybridized carbons (Fsp3) is 0.882. The lowest BCUT2D eigenvalue weighted by molar-refractivity contribution is -0.140. The van der Waals surface area contributed by atoms with Gasteiger partial charge in [-0.15, -0.1) is 24.0 Å². The number of methoxy groups -OCH3 is 1. The lowest BCUT2D eigenvalue weighted by Gasteiger charge is -2.23. The zero-order valence-electron chi connectivity index (χ0n) is 15.7. The minimum atomic E-state index is -0.148. The fourth-order valence-corrected chi connectivity index (χ4v) is 1.95. The molecule has 0 aliphatic rings. The van der Waals surface area contributed by atoms with E-state index in [4.69, 9.17) is 0 Å². The molecule has 6 heteroatoms. The number of aliphatic imine (C=N–C) groups is 1. The van der Waals surface area contributed by atoms with E-state index in [1.165, 1.54) is 13.5 Å². The summed E-state index contributed by atoms with van der Waals surface area (Å²) in [5.41, 5.74) is 0.360. The predicted octanol–water partition coefficient (Wildman–Crippen LogP) is 3.72. The molecule has 0 aliphatic carbocycles. The zero-order chi connectivity index (χ0) is 17.0. The van der Waals surface area contributed by atoms with Gasteiger partial charge in [0.2, 0.25) is 0 Å². The number of unbranched alkanes of at least 4 members (excludes halogenated alkanes) is 1. The van der Waals surface area contributed by atoms with Gasteiger partial charge in [0.25, 0.3) is 0 Å². The molecule has 0 rings (SSSR count). The van der Waals surface area contributed by atoms with E-state index in [0.29, 0.717) is 17.9 Å². The Morgan fingerprint density at radius 3 is 2.43 bits per heavy atom. The van der Waals surface area contributed by atoms with E-state index in [2.05, 4.69) is 55.0 Å². The van der Waals surface area contributed by atoms with Crippen molar-refractivity contribution in [3.8, 4) is 0 Å². The lowest BCUT2D eigenvalue weighted by Crippen LogP contribution is -2.42. The molecular formula is C17H36IN3O2. The molecule has 23 heavy (non-hydrogen) atoms. The van der Waals surface area contributed by atoms with Crippen molar-refractivity contribution in [1.82, 2.24) is 10.6 Å². The van der Waals surface area contributed by atoms with Crippen LogP contribution in [0.15, 0.2) is 4.99 Å². The maximum atomic E-state index is 11.0. The van der Waals surface area contributed by atoms with Gasteiger partial charge >= 0.3 is 5.97 Å². The van der Waals surface area contributed by atoms with Crippen LogP contribution in [0.1, 0.15) is 66.7 Å². The molecule has 0 heterocycles. The third-order valence-corrected chi connectivity index (χ3v) is 3.34. The summed E-state index contributed by atoms with van der Waals surface area (Å²) in [7, 11) is 1.42. The van der Waals surface area contributed by atoms with Crippen molar-refractivity contribution in [2.75, 3.05) is 20.2 Å². The number of carbonyl (C=O) groups excluding carboxylic acids is 1. The molecule has 138 valence electrons. The summed E-state index contributed by atoms with van der Waals surface area (Å²) >= 11 is 0. The summed E-state index contributed by atoms with van der Waals surface area (Å²) in [6, 6.07) is 0.395. The average Bonchev–Trinajstić information content (AvgIpc) is 2.43. The first kappa shape index (κ1) is 24.7. The first-order valence-electron chi connectivity index (χ1n) is 8.40. The molecule has 5 nitrogen and oxygen atoms in total. The average molecular weight is 441 g/mol. The molecule has 0 aromatic rings. The number of guanidine groups is 1. The molecule has 0 aromatic heterocycles. The van der Waals surface area contributed by atoms with Crippen LogP contribution in [-0.2, 0) is 9.53 Å². The van der Waals surface area contributed by atoms with Crippen LogP contribution in [0.2, 0.25) is 0 Å². The van der Waals surface area contributed by atoms with Crippen molar-refractivity contribution in [2.24, 2.45) is 10.4 Å². The Balaban J connectivity index is 0. The van der Waals surface area contributed by atoms with Crippen molar-refractivity contribution in [3.05, 3.63) is 0 Å². The van der Waals surface area contributed by atoms with E-state index in [9.17, 15) is 4.79 Å². The summed E-state index contributed by atoms with van der Waals surface area (Å²) in [5, 5.41) is 6.72. The van der Waals surface area contributed by atoms with E-state index < -0.39 is 0 Å². The number of hydrogen-bond acceptors (Lipinski definition) is 3. The van der Waals surface area contributed by atoms with Gasteiger partial charge in [-0.1, -0.05) is 20.8 Å².